The van der Waals surface area contributed by atoms with Gasteiger partial charge in [0.05, 0.1) is 11.1 Å². The Morgan fingerprint density at radius 3 is 2.53 bits per heavy atom. The van der Waals surface area contributed by atoms with Gasteiger partial charge in [0.2, 0.25) is 5.91 Å². The van der Waals surface area contributed by atoms with Gasteiger partial charge in [0.15, 0.2) is 0 Å². The van der Waals surface area contributed by atoms with Crippen LogP contribution in [0.5, 0.6) is 0 Å². The predicted molar refractivity (Wildman–Crippen MR) is 113 cm³/mol. The number of fused-ring (bicyclic) bond motifs is 1. The lowest BCUT2D eigenvalue weighted by Gasteiger charge is -2.38. The lowest BCUT2D eigenvalue weighted by atomic mass is 9.89. The molecule has 0 radical (unpaired) electrons. The molecule has 2 heterocycles. The number of benzene rings is 2. The molecule has 0 spiro atoms. The number of hydrogen-bond acceptors (Lipinski definition) is 5. The minimum atomic E-state index is -1.41. The zero-order valence-electron chi connectivity index (χ0n) is 15.6. The van der Waals surface area contributed by atoms with Crippen molar-refractivity contribution in [3.05, 3.63) is 64.2 Å². The third kappa shape index (κ3) is 3.45. The first-order valence-corrected chi connectivity index (χ1v) is 9.53. The number of carbonyl (C=O) groups excluding carboxylic acids is 4. The lowest BCUT2D eigenvalue weighted by Crippen LogP contribution is -2.62. The molecule has 156 valence electrons. The van der Waals surface area contributed by atoms with E-state index in [1.807, 2.05) is 12.1 Å². The van der Waals surface area contributed by atoms with Gasteiger partial charge >= 0.3 is 0 Å². The molecule has 0 bridgehead atoms. The van der Waals surface area contributed by atoms with Crippen LogP contribution < -0.4 is 10.6 Å². The van der Waals surface area contributed by atoms with Crippen molar-refractivity contribution in [1.82, 2.24) is 10.2 Å². The Bertz CT molecular complexity index is 1070. The van der Waals surface area contributed by atoms with Crippen molar-refractivity contribution in [2.24, 2.45) is 0 Å². The number of anilines is 1. The molecule has 0 saturated carbocycles. The highest BCUT2D eigenvalue weighted by Crippen LogP contribution is 2.37. The molecule has 4 rings (SSSR count). The normalized spacial score (nSPS) is 20.5. The number of amides is 4. The average molecular weight is 428 g/mol. The van der Waals surface area contributed by atoms with Gasteiger partial charge in [-0.15, -0.1) is 0 Å². The van der Waals surface area contributed by atoms with E-state index in [-0.39, 0.29) is 31.4 Å². The van der Waals surface area contributed by atoms with Gasteiger partial charge in [0, 0.05) is 23.7 Å². The maximum Gasteiger partial charge on any atom is 0.264 e. The summed E-state index contributed by atoms with van der Waals surface area (Å²) in [4.78, 5) is 51.2. The van der Waals surface area contributed by atoms with E-state index in [2.05, 4.69) is 10.6 Å². The first-order valence-electron chi connectivity index (χ1n) is 9.16. The van der Waals surface area contributed by atoms with Crippen molar-refractivity contribution in [2.75, 3.05) is 5.32 Å². The van der Waals surface area contributed by atoms with E-state index in [1.165, 1.54) is 6.92 Å². The molecule has 2 aliphatic heterocycles. The van der Waals surface area contributed by atoms with Crippen LogP contribution in [0, 0.1) is 0 Å². The lowest BCUT2D eigenvalue weighted by molar-refractivity contribution is -0.140. The summed E-state index contributed by atoms with van der Waals surface area (Å²) in [5, 5.41) is 6.01. The third-order valence-corrected chi connectivity index (χ3v) is 5.60. The van der Waals surface area contributed by atoms with Gasteiger partial charge in [-0.1, -0.05) is 37.2 Å². The van der Waals surface area contributed by atoms with E-state index in [1.54, 1.807) is 30.3 Å². The van der Waals surface area contributed by atoms with Crippen molar-refractivity contribution in [2.45, 2.75) is 39.3 Å². The quantitative estimate of drug-likeness (QED) is 0.729. The second kappa shape index (κ2) is 7.91. The number of nitrogens with zero attached hydrogens (tertiary/aromatic N) is 1. The summed E-state index contributed by atoms with van der Waals surface area (Å²) in [7, 11) is 0. The molecule has 8 heteroatoms. The van der Waals surface area contributed by atoms with Crippen LogP contribution in [0.4, 0.5) is 5.69 Å². The molecular formula is C22H22ClN3O4. The smallest absolute Gasteiger partial charge is 0.264 e. The van der Waals surface area contributed by atoms with Crippen molar-refractivity contribution < 1.29 is 19.2 Å². The van der Waals surface area contributed by atoms with E-state index >= 15 is 0 Å². The average Bonchev–Trinajstić information content (AvgIpc) is 2.95. The van der Waals surface area contributed by atoms with E-state index in [0.29, 0.717) is 17.3 Å². The van der Waals surface area contributed by atoms with Gasteiger partial charge in [-0.05, 0) is 43.2 Å². The molecule has 7 nitrogen and oxygen atoms in total. The molecule has 1 fully saturated rings. The summed E-state index contributed by atoms with van der Waals surface area (Å²) in [6.07, 6.45) is 0.157. The Labute approximate surface area is 179 Å². The number of piperidine rings is 1. The fraction of sp³-hybridized carbons (Fsp3) is 0.273. The second-order valence-corrected chi connectivity index (χ2v) is 7.74. The Kier molecular flexibility index (Phi) is 5.67. The summed E-state index contributed by atoms with van der Waals surface area (Å²) in [5.74, 6) is -2.14. The molecular weight excluding hydrogens is 406 g/mol. The van der Waals surface area contributed by atoms with Gasteiger partial charge in [0.1, 0.15) is 5.54 Å². The summed E-state index contributed by atoms with van der Waals surface area (Å²) in [6.45, 7) is 1.92. The fourth-order valence-corrected chi connectivity index (χ4v) is 3.95. The number of hydrogen-bond donors (Lipinski definition) is 2. The molecule has 1 atom stereocenters. The van der Waals surface area contributed by atoms with Crippen LogP contribution in [0.3, 0.4) is 0 Å². The Balaban J connectivity index is 0.00000256. The monoisotopic (exact) mass is 427 g/mol. The Morgan fingerprint density at radius 1 is 1.10 bits per heavy atom. The molecule has 0 aliphatic carbocycles. The fourth-order valence-electron chi connectivity index (χ4n) is 3.73. The van der Waals surface area contributed by atoms with E-state index in [4.69, 9.17) is 11.6 Å². The van der Waals surface area contributed by atoms with Gasteiger partial charge < -0.3 is 5.32 Å². The van der Waals surface area contributed by atoms with Crippen molar-refractivity contribution in [3.8, 4) is 0 Å². The molecule has 0 aromatic heterocycles. The van der Waals surface area contributed by atoms with Crippen LogP contribution in [-0.2, 0) is 16.1 Å². The molecule has 30 heavy (non-hydrogen) atoms. The predicted octanol–water partition coefficient (Wildman–Crippen LogP) is 3.38. The van der Waals surface area contributed by atoms with Crippen LogP contribution in [-0.4, -0.2) is 34.1 Å². The van der Waals surface area contributed by atoms with Crippen LogP contribution in [0.15, 0.2) is 42.5 Å². The van der Waals surface area contributed by atoms with Gasteiger partial charge in [-0.25, -0.2) is 0 Å². The SMILES string of the molecule is C.CC1(N2C(=O)c3cccc(NCc4cccc(Cl)c4)c3C2=O)CCC(=O)NC1=O. The van der Waals surface area contributed by atoms with Crippen LogP contribution in [0.1, 0.15) is 53.5 Å². The largest absolute Gasteiger partial charge is 0.380 e. The van der Waals surface area contributed by atoms with Crippen molar-refractivity contribution in [1.29, 1.82) is 0 Å². The van der Waals surface area contributed by atoms with E-state index < -0.39 is 29.2 Å². The van der Waals surface area contributed by atoms with Gasteiger partial charge in [-0.3, -0.25) is 29.4 Å². The molecule has 2 N–H and O–H groups in total. The highest BCUT2D eigenvalue weighted by Gasteiger charge is 2.53. The third-order valence-electron chi connectivity index (χ3n) is 5.36. The maximum atomic E-state index is 13.2. The first kappa shape index (κ1) is 21.5. The summed E-state index contributed by atoms with van der Waals surface area (Å²) < 4.78 is 0. The zero-order chi connectivity index (χ0) is 20.8. The minimum Gasteiger partial charge on any atom is -0.380 e. The van der Waals surface area contributed by atoms with Crippen LogP contribution >= 0.6 is 11.6 Å². The second-order valence-electron chi connectivity index (χ2n) is 7.31. The van der Waals surface area contributed by atoms with Crippen molar-refractivity contribution >= 4 is 40.9 Å². The van der Waals surface area contributed by atoms with Crippen molar-refractivity contribution in [3.63, 3.8) is 0 Å². The maximum absolute atomic E-state index is 13.2. The molecule has 2 aromatic carbocycles. The van der Waals surface area contributed by atoms with Gasteiger partial charge in [-0.2, -0.15) is 0 Å². The highest BCUT2D eigenvalue weighted by molar-refractivity contribution is 6.30. The number of halogens is 1. The summed E-state index contributed by atoms with van der Waals surface area (Å²) in [6, 6.07) is 12.3. The Hall–Kier alpha value is -3.19. The number of imide groups is 2. The van der Waals surface area contributed by atoms with E-state index in [9.17, 15) is 19.2 Å². The topological polar surface area (TPSA) is 95.6 Å². The standard InChI is InChI=1S/C21H18ClN3O4.CH4/c1-21(9-8-16(26)24-20(21)29)25-18(27)14-6-3-7-15(17(14)19(25)28)23-11-12-4-2-5-13(22)10-12;/h2-7,10,23H,8-9,11H2,1H3,(H,24,26,29);1H4. The Morgan fingerprint density at radius 2 is 1.83 bits per heavy atom. The summed E-state index contributed by atoms with van der Waals surface area (Å²) >= 11 is 6.01. The molecule has 2 aromatic rings. The summed E-state index contributed by atoms with van der Waals surface area (Å²) in [5.41, 5.74) is 0.466. The molecule has 2 aliphatic rings. The molecule has 1 unspecified atom stereocenters. The van der Waals surface area contributed by atoms with Crippen LogP contribution in [0.25, 0.3) is 0 Å². The zero-order valence-corrected chi connectivity index (χ0v) is 16.4. The molecule has 4 amide bonds. The highest BCUT2D eigenvalue weighted by atomic mass is 35.5. The minimum absolute atomic E-state index is 0. The molecule has 1 saturated heterocycles. The van der Waals surface area contributed by atoms with Crippen LogP contribution in [0.2, 0.25) is 5.02 Å². The first-order chi connectivity index (χ1) is 13.8. The number of rotatable bonds is 4. The van der Waals surface area contributed by atoms with Gasteiger partial charge in [0.25, 0.3) is 17.7 Å². The number of carbonyl (C=O) groups is 4. The van der Waals surface area contributed by atoms with E-state index in [0.717, 1.165) is 10.5 Å². The number of nitrogens with one attached hydrogen (secondary N) is 2.